The molecule has 0 spiro atoms. The third-order valence-electron chi connectivity index (χ3n) is 2.93. The number of anilines is 1. The van der Waals surface area contributed by atoms with E-state index < -0.39 is 12.2 Å². The Balaban J connectivity index is 2.82. The van der Waals surface area contributed by atoms with E-state index in [-0.39, 0.29) is 0 Å². The fourth-order valence-electron chi connectivity index (χ4n) is 1.76. The molecule has 17 heavy (non-hydrogen) atoms. The van der Waals surface area contributed by atoms with Gasteiger partial charge in [0.1, 0.15) is 6.10 Å². The number of benzene rings is 1. The van der Waals surface area contributed by atoms with Crippen molar-refractivity contribution in [3.05, 3.63) is 29.3 Å². The topological polar surface area (TPSA) is 78.5 Å². The van der Waals surface area contributed by atoms with Gasteiger partial charge in [-0.05, 0) is 38.1 Å². The van der Waals surface area contributed by atoms with Crippen LogP contribution >= 0.6 is 0 Å². The Morgan fingerprint density at radius 1 is 1.35 bits per heavy atom. The molecule has 0 amide bonds. The summed E-state index contributed by atoms with van der Waals surface area (Å²) in [5.74, 6) is 0. The van der Waals surface area contributed by atoms with E-state index in [0.717, 1.165) is 12.0 Å². The number of hydrogen-bond donors (Lipinski definition) is 4. The van der Waals surface area contributed by atoms with Gasteiger partial charge in [-0.2, -0.15) is 0 Å². The Hall–Kier alpha value is -1.10. The molecule has 0 aliphatic carbocycles. The highest BCUT2D eigenvalue weighted by Gasteiger charge is 2.20. The summed E-state index contributed by atoms with van der Waals surface area (Å²) in [6, 6.07) is 5.58. The summed E-state index contributed by atoms with van der Waals surface area (Å²) in [6.07, 6.45) is -0.341. The summed E-state index contributed by atoms with van der Waals surface area (Å²) in [5, 5.41) is 22.8. The average molecular weight is 238 g/mol. The zero-order valence-corrected chi connectivity index (χ0v) is 10.5. The number of rotatable bonds is 6. The van der Waals surface area contributed by atoms with Crippen LogP contribution in [0.1, 0.15) is 30.6 Å². The summed E-state index contributed by atoms with van der Waals surface area (Å²) >= 11 is 0. The van der Waals surface area contributed by atoms with E-state index in [1.165, 1.54) is 0 Å². The number of nitrogens with two attached hydrogens (primary N) is 1. The fourth-order valence-corrected chi connectivity index (χ4v) is 1.76. The lowest BCUT2D eigenvalue weighted by atomic mass is 9.97. The van der Waals surface area contributed by atoms with Crippen molar-refractivity contribution >= 4 is 5.69 Å². The maximum Gasteiger partial charge on any atom is 0.107 e. The molecule has 2 atom stereocenters. The number of hydrogen-bond acceptors (Lipinski definition) is 4. The Labute approximate surface area is 102 Å². The molecule has 0 aliphatic rings. The van der Waals surface area contributed by atoms with E-state index in [0.29, 0.717) is 24.2 Å². The van der Waals surface area contributed by atoms with Gasteiger partial charge in [0.15, 0.2) is 0 Å². The predicted octanol–water partition coefficient (Wildman–Crippen LogP) is 0.835. The number of aliphatic hydroxyl groups excluding tert-OH is 2. The highest BCUT2D eigenvalue weighted by atomic mass is 16.3. The number of nitrogens with one attached hydrogen (secondary N) is 1. The molecule has 5 N–H and O–H groups in total. The van der Waals surface area contributed by atoms with Crippen LogP contribution in [0.3, 0.4) is 0 Å². The summed E-state index contributed by atoms with van der Waals surface area (Å²) in [4.78, 5) is 0. The van der Waals surface area contributed by atoms with E-state index in [4.69, 9.17) is 5.73 Å². The molecule has 1 aromatic carbocycles. The van der Waals surface area contributed by atoms with Crippen LogP contribution in [-0.2, 0) is 6.42 Å². The highest BCUT2D eigenvalue weighted by Crippen LogP contribution is 2.25. The minimum absolute atomic E-state index is 0.494. The molecule has 96 valence electrons. The second-order valence-corrected chi connectivity index (χ2v) is 4.22. The molecule has 0 radical (unpaired) electrons. The maximum absolute atomic E-state index is 10.1. The molecular formula is C13H22N2O2. The normalized spacial score (nSPS) is 14.6. The van der Waals surface area contributed by atoms with Crippen molar-refractivity contribution in [2.45, 2.75) is 32.0 Å². The van der Waals surface area contributed by atoms with Gasteiger partial charge in [-0.15, -0.1) is 0 Å². The molecule has 0 bridgehead atoms. The first-order valence-electron chi connectivity index (χ1n) is 5.99. The van der Waals surface area contributed by atoms with Crippen molar-refractivity contribution in [3.63, 3.8) is 0 Å². The third-order valence-corrected chi connectivity index (χ3v) is 2.93. The molecule has 0 heterocycles. The van der Waals surface area contributed by atoms with Gasteiger partial charge in [-0.3, -0.25) is 0 Å². The lowest BCUT2D eigenvalue weighted by Gasteiger charge is -2.20. The third kappa shape index (κ3) is 3.70. The SMILES string of the molecule is CCc1ccc(N)c(C(O)C(O)CCNC)c1. The van der Waals surface area contributed by atoms with Gasteiger partial charge in [-0.1, -0.05) is 19.1 Å². The van der Waals surface area contributed by atoms with Gasteiger partial charge < -0.3 is 21.3 Å². The molecule has 1 aromatic rings. The van der Waals surface area contributed by atoms with Crippen molar-refractivity contribution in [3.8, 4) is 0 Å². The number of aryl methyl sites for hydroxylation is 1. The van der Waals surface area contributed by atoms with Crippen LogP contribution in [0, 0.1) is 0 Å². The van der Waals surface area contributed by atoms with Crippen molar-refractivity contribution in [2.75, 3.05) is 19.3 Å². The second-order valence-electron chi connectivity index (χ2n) is 4.22. The van der Waals surface area contributed by atoms with Gasteiger partial charge >= 0.3 is 0 Å². The van der Waals surface area contributed by atoms with Gasteiger partial charge in [0, 0.05) is 11.3 Å². The van der Waals surface area contributed by atoms with Gasteiger partial charge in [0.05, 0.1) is 6.10 Å². The molecule has 0 aromatic heterocycles. The van der Waals surface area contributed by atoms with Crippen LogP contribution < -0.4 is 11.1 Å². The Morgan fingerprint density at radius 2 is 2.06 bits per heavy atom. The van der Waals surface area contributed by atoms with Crippen LogP contribution in [-0.4, -0.2) is 29.9 Å². The zero-order chi connectivity index (χ0) is 12.8. The fraction of sp³-hybridized carbons (Fsp3) is 0.538. The van der Waals surface area contributed by atoms with E-state index >= 15 is 0 Å². The molecule has 0 saturated heterocycles. The van der Waals surface area contributed by atoms with Crippen molar-refractivity contribution in [2.24, 2.45) is 0 Å². The molecule has 0 fully saturated rings. The summed E-state index contributed by atoms with van der Waals surface area (Å²) in [7, 11) is 1.81. The van der Waals surface area contributed by atoms with Crippen molar-refractivity contribution in [1.29, 1.82) is 0 Å². The Kier molecular flexibility index (Phi) is 5.41. The number of nitrogen functional groups attached to an aromatic ring is 1. The van der Waals surface area contributed by atoms with Gasteiger partial charge in [0.25, 0.3) is 0 Å². The Morgan fingerprint density at radius 3 is 2.65 bits per heavy atom. The van der Waals surface area contributed by atoms with E-state index in [1.54, 1.807) is 6.07 Å². The number of aliphatic hydroxyl groups is 2. The average Bonchev–Trinajstić information content (AvgIpc) is 2.35. The van der Waals surface area contributed by atoms with Crippen molar-refractivity contribution in [1.82, 2.24) is 5.32 Å². The van der Waals surface area contributed by atoms with Gasteiger partial charge in [0.2, 0.25) is 0 Å². The summed E-state index contributed by atoms with van der Waals surface area (Å²) < 4.78 is 0. The van der Waals surface area contributed by atoms with Crippen molar-refractivity contribution < 1.29 is 10.2 Å². The van der Waals surface area contributed by atoms with Crippen LogP contribution in [0.2, 0.25) is 0 Å². The first-order valence-corrected chi connectivity index (χ1v) is 5.99. The standard InChI is InChI=1S/C13H22N2O2/c1-3-9-4-5-11(14)10(8-9)13(17)12(16)6-7-15-2/h4-5,8,12-13,15-17H,3,6-7,14H2,1-2H3. The Bertz CT molecular complexity index is 355. The van der Waals surface area contributed by atoms with E-state index in [1.807, 2.05) is 26.1 Å². The van der Waals surface area contributed by atoms with Crippen LogP contribution in [0.25, 0.3) is 0 Å². The largest absolute Gasteiger partial charge is 0.398 e. The molecule has 0 aliphatic heterocycles. The minimum Gasteiger partial charge on any atom is -0.398 e. The molecule has 4 nitrogen and oxygen atoms in total. The summed E-state index contributed by atoms with van der Waals surface area (Å²) in [6.45, 7) is 2.70. The van der Waals surface area contributed by atoms with Crippen LogP contribution in [0.5, 0.6) is 0 Å². The molecule has 2 unspecified atom stereocenters. The van der Waals surface area contributed by atoms with Gasteiger partial charge in [-0.25, -0.2) is 0 Å². The zero-order valence-electron chi connectivity index (χ0n) is 10.5. The van der Waals surface area contributed by atoms with Crippen LogP contribution in [0.15, 0.2) is 18.2 Å². The molecular weight excluding hydrogens is 216 g/mol. The maximum atomic E-state index is 10.1. The minimum atomic E-state index is -0.921. The first kappa shape index (κ1) is 14.0. The summed E-state index contributed by atoms with van der Waals surface area (Å²) in [5.41, 5.74) is 8.07. The lowest BCUT2D eigenvalue weighted by molar-refractivity contribution is 0.0144. The first-order chi connectivity index (χ1) is 8.10. The highest BCUT2D eigenvalue weighted by molar-refractivity contribution is 5.50. The quantitative estimate of drug-likeness (QED) is 0.554. The molecule has 4 heteroatoms. The van der Waals surface area contributed by atoms with Crippen LogP contribution in [0.4, 0.5) is 5.69 Å². The second kappa shape index (κ2) is 6.59. The predicted molar refractivity (Wildman–Crippen MR) is 69.7 cm³/mol. The lowest BCUT2D eigenvalue weighted by Crippen LogP contribution is -2.24. The van der Waals surface area contributed by atoms with E-state index in [9.17, 15) is 10.2 Å². The monoisotopic (exact) mass is 238 g/mol. The molecule has 0 saturated carbocycles. The van der Waals surface area contributed by atoms with E-state index in [2.05, 4.69) is 5.32 Å². The smallest absolute Gasteiger partial charge is 0.107 e. The molecule has 1 rings (SSSR count).